The number of amides is 1. The van der Waals surface area contributed by atoms with E-state index in [0.29, 0.717) is 29.8 Å². The second kappa shape index (κ2) is 12.6. The first-order valence-corrected chi connectivity index (χ1v) is 14.4. The molecule has 0 radical (unpaired) electrons. The van der Waals surface area contributed by atoms with Crippen molar-refractivity contribution in [2.45, 2.75) is 24.7 Å². The number of Topliss-reactive ketones (excluding diaryl/α,β-unsaturated/α-hetero) is 1. The molecule has 0 saturated carbocycles. The Kier molecular flexibility index (Phi) is 9.34. The summed E-state index contributed by atoms with van der Waals surface area (Å²) >= 11 is 7.89. The number of hydrogen-bond acceptors (Lipinski definition) is 8. The standard InChI is InChI=1S/C28H23ClF3N3O4S2/c1-2-39-17-11-9-16(10-12-17)34-22(36)15-41-26-19(14-33)23(18-6-3-4-7-20(18)29)24(25(37)21-8-5-13-40-21)27(38,35-26)28(30,31)32/h3-13,23-24,35,38H,2,15H2,1H3,(H,34,36)/t23-,24+,27-/m0/s1. The van der Waals surface area contributed by atoms with Gasteiger partial charge in [0, 0.05) is 16.6 Å². The minimum Gasteiger partial charge on any atom is -0.494 e. The van der Waals surface area contributed by atoms with Gasteiger partial charge in [-0.15, -0.1) is 11.3 Å². The van der Waals surface area contributed by atoms with E-state index in [4.69, 9.17) is 16.3 Å². The van der Waals surface area contributed by atoms with Crippen LogP contribution < -0.4 is 15.4 Å². The molecule has 3 atom stereocenters. The topological polar surface area (TPSA) is 111 Å². The summed E-state index contributed by atoms with van der Waals surface area (Å²) < 4.78 is 49.3. The Morgan fingerprint density at radius 3 is 2.49 bits per heavy atom. The van der Waals surface area contributed by atoms with Gasteiger partial charge in [-0.05, 0) is 54.3 Å². The Morgan fingerprint density at radius 1 is 1.20 bits per heavy atom. The second-order valence-electron chi connectivity index (χ2n) is 8.86. The highest BCUT2D eigenvalue weighted by atomic mass is 35.5. The third-order valence-electron chi connectivity index (χ3n) is 6.28. The number of halogens is 4. The molecule has 3 aromatic rings. The Morgan fingerprint density at radius 2 is 1.90 bits per heavy atom. The lowest BCUT2D eigenvalue weighted by Crippen LogP contribution is -2.66. The summed E-state index contributed by atoms with van der Waals surface area (Å²) in [5, 5.41) is 27.2. The van der Waals surface area contributed by atoms with Crippen LogP contribution in [0.1, 0.15) is 28.1 Å². The predicted molar refractivity (Wildman–Crippen MR) is 152 cm³/mol. The minimum absolute atomic E-state index is 0.0123. The molecule has 1 aliphatic rings. The number of ether oxygens (including phenoxy) is 1. The molecule has 0 saturated heterocycles. The number of anilines is 1. The summed E-state index contributed by atoms with van der Waals surface area (Å²) in [6.45, 7) is 2.29. The number of hydrogen-bond donors (Lipinski definition) is 3. The molecule has 0 spiro atoms. The summed E-state index contributed by atoms with van der Waals surface area (Å²) in [6, 6.07) is 17.1. The molecule has 1 aromatic heterocycles. The molecule has 3 N–H and O–H groups in total. The van der Waals surface area contributed by atoms with Gasteiger partial charge in [0.15, 0.2) is 5.78 Å². The Labute approximate surface area is 247 Å². The van der Waals surface area contributed by atoms with Crippen molar-refractivity contribution in [2.24, 2.45) is 5.92 Å². The number of rotatable bonds is 9. The molecular formula is C28H23ClF3N3O4S2. The molecule has 41 heavy (non-hydrogen) atoms. The van der Waals surface area contributed by atoms with Gasteiger partial charge in [-0.1, -0.05) is 47.6 Å². The summed E-state index contributed by atoms with van der Waals surface area (Å²) in [7, 11) is 0. The average molecular weight is 622 g/mol. The monoisotopic (exact) mass is 621 g/mol. The summed E-state index contributed by atoms with van der Waals surface area (Å²) in [4.78, 5) is 26.2. The zero-order chi connectivity index (χ0) is 29.8. The number of alkyl halides is 3. The summed E-state index contributed by atoms with van der Waals surface area (Å²) in [5.41, 5.74) is -3.57. The SMILES string of the molecule is CCOc1ccc(NC(=O)CSC2=C(C#N)[C@H](c3ccccc3Cl)[C@H](C(=O)c3cccs3)[C@](O)(C(F)(F)F)N2)cc1. The number of ketones is 1. The van der Waals surface area contributed by atoms with Crippen molar-refractivity contribution in [3.8, 4) is 11.8 Å². The first kappa shape index (κ1) is 30.5. The summed E-state index contributed by atoms with van der Waals surface area (Å²) in [5.74, 6) is -5.17. The van der Waals surface area contributed by atoms with Crippen molar-refractivity contribution in [3.05, 3.63) is 92.1 Å². The van der Waals surface area contributed by atoms with Gasteiger partial charge in [-0.25, -0.2) is 0 Å². The number of thioether (sulfide) groups is 1. The van der Waals surface area contributed by atoms with Gasteiger partial charge < -0.3 is 20.5 Å². The van der Waals surface area contributed by atoms with Crippen LogP contribution in [0.15, 0.2) is 76.6 Å². The van der Waals surface area contributed by atoms with Gasteiger partial charge in [0.05, 0.1) is 39.8 Å². The van der Waals surface area contributed by atoms with E-state index < -0.39 is 46.2 Å². The predicted octanol–water partition coefficient (Wildman–Crippen LogP) is 6.34. The van der Waals surface area contributed by atoms with Crippen LogP contribution in [-0.2, 0) is 4.79 Å². The number of allylic oxidation sites excluding steroid dienone is 1. The Hall–Kier alpha value is -3.50. The van der Waals surface area contributed by atoms with E-state index in [2.05, 4.69) is 5.32 Å². The smallest absolute Gasteiger partial charge is 0.437 e. The summed E-state index contributed by atoms with van der Waals surface area (Å²) in [6.07, 6.45) is -5.36. The fourth-order valence-electron chi connectivity index (χ4n) is 4.46. The molecule has 0 aliphatic carbocycles. The van der Waals surface area contributed by atoms with E-state index in [9.17, 15) is 33.1 Å². The van der Waals surface area contributed by atoms with E-state index >= 15 is 0 Å². The van der Waals surface area contributed by atoms with Crippen LogP contribution >= 0.6 is 34.7 Å². The molecule has 4 rings (SSSR count). The first-order chi connectivity index (χ1) is 19.5. The van der Waals surface area contributed by atoms with Crippen molar-refractivity contribution < 1.29 is 32.6 Å². The lowest BCUT2D eigenvalue weighted by Gasteiger charge is -2.45. The van der Waals surface area contributed by atoms with Crippen molar-refractivity contribution in [1.29, 1.82) is 5.26 Å². The largest absolute Gasteiger partial charge is 0.494 e. The van der Waals surface area contributed by atoms with Gasteiger partial charge in [0.2, 0.25) is 11.6 Å². The number of benzene rings is 2. The number of nitrogens with zero attached hydrogens (tertiary/aromatic N) is 1. The molecular weight excluding hydrogens is 599 g/mol. The molecule has 7 nitrogen and oxygen atoms in total. The third kappa shape index (κ3) is 6.38. The molecule has 214 valence electrons. The van der Waals surface area contributed by atoms with Gasteiger partial charge in [0.1, 0.15) is 5.75 Å². The van der Waals surface area contributed by atoms with Crippen LogP contribution in [0.4, 0.5) is 18.9 Å². The van der Waals surface area contributed by atoms with Gasteiger partial charge >= 0.3 is 6.18 Å². The van der Waals surface area contributed by atoms with Crippen LogP contribution in [0.3, 0.4) is 0 Å². The molecule has 0 bridgehead atoms. The van der Waals surface area contributed by atoms with E-state index in [0.717, 1.165) is 11.3 Å². The highest BCUT2D eigenvalue weighted by Gasteiger charge is 2.66. The van der Waals surface area contributed by atoms with Crippen LogP contribution in [0, 0.1) is 17.2 Å². The highest BCUT2D eigenvalue weighted by molar-refractivity contribution is 8.03. The second-order valence-corrected chi connectivity index (χ2v) is 11.2. The van der Waals surface area contributed by atoms with E-state index in [1.165, 1.54) is 35.7 Å². The van der Waals surface area contributed by atoms with Crippen LogP contribution in [0.5, 0.6) is 5.75 Å². The molecule has 1 amide bonds. The van der Waals surface area contributed by atoms with Gasteiger partial charge in [0.25, 0.3) is 0 Å². The van der Waals surface area contributed by atoms with E-state index in [1.54, 1.807) is 30.3 Å². The van der Waals surface area contributed by atoms with Crippen molar-refractivity contribution in [3.63, 3.8) is 0 Å². The number of nitrogens with one attached hydrogen (secondary N) is 2. The molecule has 0 unspecified atom stereocenters. The van der Waals surface area contributed by atoms with Gasteiger partial charge in [-0.2, -0.15) is 18.4 Å². The molecule has 0 fully saturated rings. The normalized spacial score (nSPS) is 20.6. The van der Waals surface area contributed by atoms with Crippen LogP contribution in [0.25, 0.3) is 0 Å². The molecule has 13 heteroatoms. The number of nitriles is 1. The Bertz CT molecular complexity index is 1490. The molecule has 1 aliphatic heterocycles. The highest BCUT2D eigenvalue weighted by Crippen LogP contribution is 2.52. The average Bonchev–Trinajstić information content (AvgIpc) is 3.47. The van der Waals surface area contributed by atoms with Crippen molar-refractivity contribution >= 4 is 52.1 Å². The van der Waals surface area contributed by atoms with Gasteiger partial charge in [-0.3, -0.25) is 9.59 Å². The number of thiophene rings is 1. The zero-order valence-corrected chi connectivity index (χ0v) is 23.8. The van der Waals surface area contributed by atoms with Crippen molar-refractivity contribution in [1.82, 2.24) is 5.32 Å². The van der Waals surface area contributed by atoms with E-state index in [-0.39, 0.29) is 21.0 Å². The van der Waals surface area contributed by atoms with E-state index in [1.807, 2.05) is 18.3 Å². The lowest BCUT2D eigenvalue weighted by molar-refractivity contribution is -0.285. The number of aliphatic hydroxyl groups is 1. The lowest BCUT2D eigenvalue weighted by atomic mass is 9.70. The quantitative estimate of drug-likeness (QED) is 0.239. The molecule has 2 heterocycles. The number of carbonyl (C=O) groups excluding carboxylic acids is 2. The van der Waals surface area contributed by atoms with Crippen LogP contribution in [-0.4, -0.2) is 41.1 Å². The maximum Gasteiger partial charge on any atom is 0.437 e. The zero-order valence-electron chi connectivity index (χ0n) is 21.4. The third-order valence-corrected chi connectivity index (χ3v) is 8.53. The minimum atomic E-state index is -5.36. The fourth-order valence-corrected chi connectivity index (χ4v) is 6.32. The van der Waals surface area contributed by atoms with Crippen LogP contribution in [0.2, 0.25) is 5.02 Å². The number of carbonyl (C=O) groups is 2. The fraction of sp³-hybridized carbons (Fsp3) is 0.250. The molecule has 2 aromatic carbocycles. The maximum atomic E-state index is 14.6. The first-order valence-electron chi connectivity index (χ1n) is 12.2. The van der Waals surface area contributed by atoms with Crippen molar-refractivity contribution in [2.75, 3.05) is 17.7 Å². The Balaban J connectivity index is 1.73. The maximum absolute atomic E-state index is 14.6.